The molecule has 2 aromatic rings. The third kappa shape index (κ3) is 5.16. The third-order valence-electron chi connectivity index (χ3n) is 8.54. The third-order valence-corrected chi connectivity index (χ3v) is 8.54. The van der Waals surface area contributed by atoms with Crippen molar-refractivity contribution in [2.24, 2.45) is 10.8 Å². The first-order chi connectivity index (χ1) is 19.0. The van der Waals surface area contributed by atoms with Gasteiger partial charge in [0.05, 0.1) is 21.3 Å². The van der Waals surface area contributed by atoms with Gasteiger partial charge in [-0.15, -0.1) is 0 Å². The van der Waals surface area contributed by atoms with Crippen LogP contribution in [0.3, 0.4) is 0 Å². The molecule has 40 heavy (non-hydrogen) atoms. The number of rotatable bonds is 7. The molecule has 0 aromatic heterocycles. The number of ketones is 2. The van der Waals surface area contributed by atoms with E-state index >= 15 is 0 Å². The van der Waals surface area contributed by atoms with Crippen LogP contribution in [-0.4, -0.2) is 44.3 Å². The maximum Gasteiger partial charge on any atom is 0.162 e. The van der Waals surface area contributed by atoms with Gasteiger partial charge in [-0.2, -0.15) is 0 Å². The summed E-state index contributed by atoms with van der Waals surface area (Å²) in [5.41, 5.74) is 5.51. The van der Waals surface area contributed by atoms with Gasteiger partial charge in [0.25, 0.3) is 0 Å². The molecule has 0 fully saturated rings. The molecular formula is C34H41NO5. The van der Waals surface area contributed by atoms with Gasteiger partial charge in [-0.25, -0.2) is 0 Å². The number of Topliss-reactive ketones (excluding diaryl/α,β-unsaturated/α-hetero) is 2. The van der Waals surface area contributed by atoms with Crippen molar-refractivity contribution in [1.82, 2.24) is 4.90 Å². The number of hydrogen-bond donors (Lipinski definition) is 0. The number of carbonyl (C=O) groups excluding carboxylic acids is 2. The average molecular weight is 544 g/mol. The number of hydrogen-bond acceptors (Lipinski definition) is 6. The van der Waals surface area contributed by atoms with E-state index in [1.165, 1.54) is 0 Å². The summed E-state index contributed by atoms with van der Waals surface area (Å²) < 4.78 is 16.4. The highest BCUT2D eigenvalue weighted by atomic mass is 16.5. The number of benzene rings is 2. The fourth-order valence-electron chi connectivity index (χ4n) is 6.72. The number of methoxy groups -OCH3 is 3. The van der Waals surface area contributed by atoms with E-state index in [1.54, 1.807) is 21.3 Å². The zero-order valence-corrected chi connectivity index (χ0v) is 24.8. The molecule has 0 bridgehead atoms. The Morgan fingerprint density at radius 3 is 1.77 bits per heavy atom. The highest BCUT2D eigenvalue weighted by Gasteiger charge is 2.48. The summed E-state index contributed by atoms with van der Waals surface area (Å²) in [7, 11) is 4.92. The average Bonchev–Trinajstić information content (AvgIpc) is 2.90. The maximum atomic E-state index is 14.0. The van der Waals surface area contributed by atoms with Crippen LogP contribution >= 0.6 is 0 Å². The highest BCUT2D eigenvalue weighted by molar-refractivity contribution is 6.06. The van der Waals surface area contributed by atoms with Crippen LogP contribution in [0.5, 0.6) is 17.2 Å². The van der Waals surface area contributed by atoms with E-state index in [1.807, 2.05) is 36.4 Å². The Morgan fingerprint density at radius 2 is 1.27 bits per heavy atom. The second-order valence-electron chi connectivity index (χ2n) is 12.9. The zero-order valence-electron chi connectivity index (χ0n) is 24.8. The molecule has 2 aromatic carbocycles. The van der Waals surface area contributed by atoms with E-state index < -0.39 is 0 Å². The van der Waals surface area contributed by atoms with Crippen molar-refractivity contribution in [2.75, 3.05) is 27.9 Å². The van der Waals surface area contributed by atoms with Crippen LogP contribution in [0.2, 0.25) is 0 Å². The van der Waals surface area contributed by atoms with Crippen molar-refractivity contribution in [1.29, 1.82) is 0 Å². The van der Waals surface area contributed by atoms with Gasteiger partial charge in [0.15, 0.2) is 23.1 Å². The topological polar surface area (TPSA) is 65.1 Å². The summed E-state index contributed by atoms with van der Waals surface area (Å²) in [5.74, 6) is 2.09. The number of allylic oxidation sites excluding steroid dienone is 4. The van der Waals surface area contributed by atoms with E-state index in [0.29, 0.717) is 30.9 Å². The van der Waals surface area contributed by atoms with Crippen LogP contribution in [0.25, 0.3) is 0 Å². The lowest BCUT2D eigenvalue weighted by molar-refractivity contribution is -0.119. The SMILES string of the molecule is COc1ccc(C2C3=C(CC(C)(C)CC3=O)N(CCc3ccc(OC)c(OC)c3)C3=C2C(=O)CC(C)(C)C3)cc1. The molecular weight excluding hydrogens is 502 g/mol. The summed E-state index contributed by atoms with van der Waals surface area (Å²) >= 11 is 0. The van der Waals surface area contributed by atoms with Crippen LogP contribution in [0, 0.1) is 10.8 Å². The van der Waals surface area contributed by atoms with E-state index in [4.69, 9.17) is 14.2 Å². The Bertz CT molecular complexity index is 1340. The van der Waals surface area contributed by atoms with Gasteiger partial charge in [-0.1, -0.05) is 45.9 Å². The molecule has 0 saturated heterocycles. The van der Waals surface area contributed by atoms with E-state index in [0.717, 1.165) is 58.7 Å². The second kappa shape index (κ2) is 10.5. The fraction of sp³-hybridized carbons (Fsp3) is 0.471. The molecule has 0 atom stereocenters. The quantitative estimate of drug-likeness (QED) is 0.390. The van der Waals surface area contributed by atoms with Crippen molar-refractivity contribution in [3.8, 4) is 17.2 Å². The fourth-order valence-corrected chi connectivity index (χ4v) is 6.72. The van der Waals surface area contributed by atoms with Crippen LogP contribution in [0.1, 0.15) is 70.4 Å². The highest BCUT2D eigenvalue weighted by Crippen LogP contribution is 2.54. The molecule has 1 aliphatic heterocycles. The van der Waals surface area contributed by atoms with Crippen LogP contribution < -0.4 is 14.2 Å². The van der Waals surface area contributed by atoms with Gasteiger partial charge in [-0.05, 0) is 65.5 Å². The van der Waals surface area contributed by atoms with Crippen LogP contribution in [-0.2, 0) is 16.0 Å². The standard InChI is InChI=1S/C34H41NO5/c1-33(2)17-24-31(26(36)19-33)30(22-9-11-23(38-5)12-10-22)32-25(18-34(3,4)20-27(32)37)35(24)15-14-21-8-13-28(39-6)29(16-21)40-7/h8-13,16,30H,14-15,17-20H2,1-7H3. The molecule has 0 N–H and O–H groups in total. The molecule has 3 aliphatic rings. The van der Waals surface area contributed by atoms with E-state index in [9.17, 15) is 9.59 Å². The molecule has 212 valence electrons. The maximum absolute atomic E-state index is 14.0. The number of nitrogens with zero attached hydrogens (tertiary/aromatic N) is 1. The minimum atomic E-state index is -0.347. The first kappa shape index (κ1) is 28.0. The van der Waals surface area contributed by atoms with Crippen LogP contribution in [0.15, 0.2) is 65.0 Å². The van der Waals surface area contributed by atoms with Crippen molar-refractivity contribution >= 4 is 11.6 Å². The predicted octanol–water partition coefficient (Wildman–Crippen LogP) is 6.64. The van der Waals surface area contributed by atoms with Crippen molar-refractivity contribution < 1.29 is 23.8 Å². The van der Waals surface area contributed by atoms with Gasteiger partial charge < -0.3 is 19.1 Å². The molecule has 5 rings (SSSR count). The molecule has 0 radical (unpaired) electrons. The van der Waals surface area contributed by atoms with Crippen LogP contribution in [0.4, 0.5) is 0 Å². The first-order valence-corrected chi connectivity index (χ1v) is 14.1. The van der Waals surface area contributed by atoms with Gasteiger partial charge in [0.1, 0.15) is 5.75 Å². The summed E-state index contributed by atoms with van der Waals surface area (Å²) in [6, 6.07) is 13.9. The molecule has 1 heterocycles. The Kier molecular flexibility index (Phi) is 7.32. The Hall–Kier alpha value is -3.54. The smallest absolute Gasteiger partial charge is 0.162 e. The van der Waals surface area contributed by atoms with Crippen molar-refractivity contribution in [2.45, 2.75) is 65.7 Å². The van der Waals surface area contributed by atoms with Gasteiger partial charge in [0, 0.05) is 47.8 Å². The molecule has 0 unspecified atom stereocenters. The lowest BCUT2D eigenvalue weighted by Crippen LogP contribution is -2.45. The largest absolute Gasteiger partial charge is 0.497 e. The predicted molar refractivity (Wildman–Crippen MR) is 156 cm³/mol. The lowest BCUT2D eigenvalue weighted by Gasteiger charge is -2.49. The number of ether oxygens (including phenoxy) is 3. The summed E-state index contributed by atoms with van der Waals surface area (Å²) in [5, 5.41) is 0. The normalized spacial score (nSPS) is 20.3. The summed E-state index contributed by atoms with van der Waals surface area (Å²) in [4.78, 5) is 30.3. The van der Waals surface area contributed by atoms with Gasteiger partial charge in [0.2, 0.25) is 0 Å². The lowest BCUT2D eigenvalue weighted by atomic mass is 9.63. The Labute approximate surface area is 238 Å². The molecule has 6 nitrogen and oxygen atoms in total. The molecule has 0 spiro atoms. The van der Waals surface area contributed by atoms with Crippen molar-refractivity contribution in [3.05, 3.63) is 76.1 Å². The molecule has 2 aliphatic carbocycles. The van der Waals surface area contributed by atoms with Gasteiger partial charge in [-0.3, -0.25) is 9.59 Å². The molecule has 0 saturated carbocycles. The van der Waals surface area contributed by atoms with Gasteiger partial charge >= 0.3 is 0 Å². The minimum absolute atomic E-state index is 0.146. The molecule has 0 amide bonds. The van der Waals surface area contributed by atoms with E-state index in [2.05, 4.69) is 38.7 Å². The van der Waals surface area contributed by atoms with Crippen molar-refractivity contribution in [3.63, 3.8) is 0 Å². The minimum Gasteiger partial charge on any atom is -0.497 e. The summed E-state index contributed by atoms with van der Waals surface area (Å²) in [6.07, 6.45) is 3.27. The first-order valence-electron chi connectivity index (χ1n) is 14.1. The zero-order chi connectivity index (χ0) is 28.8. The van der Waals surface area contributed by atoms with E-state index in [-0.39, 0.29) is 28.3 Å². The summed E-state index contributed by atoms with van der Waals surface area (Å²) in [6.45, 7) is 9.36. The number of carbonyl (C=O) groups is 2. The molecule has 6 heteroatoms. The monoisotopic (exact) mass is 543 g/mol. The Balaban J connectivity index is 1.64. The second-order valence-corrected chi connectivity index (χ2v) is 12.9. The Morgan fingerprint density at radius 1 is 0.725 bits per heavy atom.